The molecule has 1 unspecified atom stereocenters. The van der Waals surface area contributed by atoms with E-state index in [-0.39, 0.29) is 11.8 Å². The standard InChI is InChI=1S/C26H32N4O2S2/c1-26(2)22(27-23(31)20-10-5-3-6-11-20)24(32)30(25(33)34-26)15-9-14-28-16-18-29(19-17-28)21-12-7-4-8-13-21/h3-8,10-13,22H,9,14-19H2,1-2H3,(H,27,31). The van der Waals surface area contributed by atoms with Gasteiger partial charge in [0.1, 0.15) is 10.4 Å². The predicted molar refractivity (Wildman–Crippen MR) is 143 cm³/mol. The molecule has 1 N–H and O–H groups in total. The fourth-order valence-corrected chi connectivity index (χ4v) is 6.29. The summed E-state index contributed by atoms with van der Waals surface area (Å²) in [4.78, 5) is 32.7. The maximum atomic E-state index is 13.4. The molecule has 2 saturated heterocycles. The molecule has 0 spiro atoms. The Hall–Kier alpha value is -2.42. The molecule has 2 heterocycles. The van der Waals surface area contributed by atoms with E-state index in [0.717, 1.165) is 39.1 Å². The van der Waals surface area contributed by atoms with Gasteiger partial charge >= 0.3 is 0 Å². The Morgan fingerprint density at radius 3 is 2.26 bits per heavy atom. The van der Waals surface area contributed by atoms with Crippen LogP contribution in [0.1, 0.15) is 30.6 Å². The van der Waals surface area contributed by atoms with Gasteiger partial charge in [-0.2, -0.15) is 0 Å². The Labute approximate surface area is 211 Å². The number of carbonyl (C=O) groups excluding carboxylic acids is 2. The molecule has 180 valence electrons. The van der Waals surface area contributed by atoms with E-state index >= 15 is 0 Å². The maximum absolute atomic E-state index is 13.4. The quantitative estimate of drug-likeness (QED) is 0.591. The fourth-order valence-electron chi connectivity index (χ4n) is 4.44. The molecule has 2 fully saturated rings. The van der Waals surface area contributed by atoms with Crippen molar-refractivity contribution in [1.29, 1.82) is 0 Å². The predicted octanol–water partition coefficient (Wildman–Crippen LogP) is 3.64. The van der Waals surface area contributed by atoms with Crippen molar-refractivity contribution in [1.82, 2.24) is 15.1 Å². The van der Waals surface area contributed by atoms with Crippen LogP contribution in [-0.2, 0) is 4.79 Å². The van der Waals surface area contributed by atoms with Crippen LogP contribution in [-0.4, -0.2) is 76.0 Å². The monoisotopic (exact) mass is 496 g/mol. The summed E-state index contributed by atoms with van der Waals surface area (Å²) >= 11 is 7.07. The van der Waals surface area contributed by atoms with E-state index in [1.54, 1.807) is 17.0 Å². The fraction of sp³-hybridized carbons (Fsp3) is 0.423. The van der Waals surface area contributed by atoms with Gasteiger partial charge in [-0.15, -0.1) is 0 Å². The molecule has 2 aliphatic rings. The van der Waals surface area contributed by atoms with Crippen molar-refractivity contribution in [2.24, 2.45) is 0 Å². The summed E-state index contributed by atoms with van der Waals surface area (Å²) in [5, 5.41) is 2.96. The molecule has 1 atom stereocenters. The number of hydrogen-bond donors (Lipinski definition) is 1. The number of hydrogen-bond acceptors (Lipinski definition) is 6. The number of nitrogens with zero attached hydrogens (tertiary/aromatic N) is 3. The molecule has 2 aromatic carbocycles. The van der Waals surface area contributed by atoms with Crippen molar-refractivity contribution < 1.29 is 9.59 Å². The molecule has 0 saturated carbocycles. The number of carbonyl (C=O) groups is 2. The minimum atomic E-state index is -0.633. The topological polar surface area (TPSA) is 55.9 Å². The summed E-state index contributed by atoms with van der Waals surface area (Å²) in [7, 11) is 0. The number of benzene rings is 2. The molecular formula is C26H32N4O2S2. The third-order valence-corrected chi connectivity index (χ3v) is 8.07. The minimum absolute atomic E-state index is 0.119. The lowest BCUT2D eigenvalue weighted by Crippen LogP contribution is -2.62. The minimum Gasteiger partial charge on any atom is -0.369 e. The number of anilines is 1. The van der Waals surface area contributed by atoms with Gasteiger partial charge < -0.3 is 10.2 Å². The van der Waals surface area contributed by atoms with Crippen molar-refractivity contribution >= 4 is 45.8 Å². The van der Waals surface area contributed by atoms with Crippen LogP contribution in [0.3, 0.4) is 0 Å². The van der Waals surface area contributed by atoms with E-state index in [0.29, 0.717) is 16.4 Å². The SMILES string of the molecule is CC1(C)SC(=S)N(CCCN2CCN(c3ccccc3)CC2)C(=O)C1NC(=O)c1ccccc1. The summed E-state index contributed by atoms with van der Waals surface area (Å²) < 4.78 is 0.0807. The van der Waals surface area contributed by atoms with Crippen molar-refractivity contribution in [3.8, 4) is 0 Å². The van der Waals surface area contributed by atoms with Crippen molar-refractivity contribution in [3.05, 3.63) is 66.2 Å². The van der Waals surface area contributed by atoms with E-state index < -0.39 is 10.8 Å². The Balaban J connectivity index is 1.30. The Bertz CT molecular complexity index is 1010. The van der Waals surface area contributed by atoms with Gasteiger partial charge in [-0.1, -0.05) is 60.4 Å². The van der Waals surface area contributed by atoms with E-state index in [9.17, 15) is 9.59 Å². The summed E-state index contributed by atoms with van der Waals surface area (Å²) in [6, 6.07) is 18.9. The zero-order chi connectivity index (χ0) is 24.1. The molecule has 6 nitrogen and oxygen atoms in total. The van der Waals surface area contributed by atoms with Gasteiger partial charge in [0.05, 0.1) is 0 Å². The smallest absolute Gasteiger partial charge is 0.252 e. The second-order valence-corrected chi connectivity index (χ2v) is 11.5. The Kier molecular flexibility index (Phi) is 7.91. The van der Waals surface area contributed by atoms with Crippen LogP contribution >= 0.6 is 24.0 Å². The average molecular weight is 497 g/mol. The van der Waals surface area contributed by atoms with Gasteiger partial charge in [-0.05, 0) is 51.1 Å². The molecule has 0 aliphatic carbocycles. The molecule has 2 aromatic rings. The Morgan fingerprint density at radius 1 is 1.00 bits per heavy atom. The molecular weight excluding hydrogens is 464 g/mol. The summed E-state index contributed by atoms with van der Waals surface area (Å²) in [5.74, 6) is -0.358. The van der Waals surface area contributed by atoms with Crippen LogP contribution in [0.4, 0.5) is 5.69 Å². The number of thioether (sulfide) groups is 1. The molecule has 4 rings (SSSR count). The van der Waals surface area contributed by atoms with Gasteiger partial charge in [-0.3, -0.25) is 19.4 Å². The average Bonchev–Trinajstić information content (AvgIpc) is 2.85. The van der Waals surface area contributed by atoms with Crippen LogP contribution in [0.5, 0.6) is 0 Å². The molecule has 2 aliphatic heterocycles. The van der Waals surface area contributed by atoms with E-state index in [1.807, 2.05) is 38.1 Å². The van der Waals surface area contributed by atoms with E-state index in [2.05, 4.69) is 39.4 Å². The van der Waals surface area contributed by atoms with Crippen LogP contribution < -0.4 is 10.2 Å². The molecule has 8 heteroatoms. The second-order valence-electron chi connectivity index (χ2n) is 9.25. The molecule has 34 heavy (non-hydrogen) atoms. The third kappa shape index (κ3) is 5.79. The first-order chi connectivity index (χ1) is 16.3. The molecule has 2 amide bonds. The number of piperazine rings is 1. The summed E-state index contributed by atoms with van der Waals surface area (Å²) in [5.41, 5.74) is 1.82. The number of para-hydroxylation sites is 1. The lowest BCUT2D eigenvalue weighted by Gasteiger charge is -2.43. The van der Waals surface area contributed by atoms with Gasteiger partial charge in [-0.25, -0.2) is 0 Å². The lowest BCUT2D eigenvalue weighted by molar-refractivity contribution is -0.130. The first-order valence-electron chi connectivity index (χ1n) is 11.8. The molecule has 0 aromatic heterocycles. The summed E-state index contributed by atoms with van der Waals surface area (Å²) in [6.45, 7) is 9.42. The molecule has 0 bridgehead atoms. The highest BCUT2D eigenvalue weighted by Crippen LogP contribution is 2.36. The highest BCUT2D eigenvalue weighted by molar-refractivity contribution is 8.24. The number of nitrogens with one attached hydrogen (secondary N) is 1. The van der Waals surface area contributed by atoms with Gasteiger partial charge in [0.25, 0.3) is 11.8 Å². The number of rotatable bonds is 7. The van der Waals surface area contributed by atoms with Crippen molar-refractivity contribution in [3.63, 3.8) is 0 Å². The largest absolute Gasteiger partial charge is 0.369 e. The van der Waals surface area contributed by atoms with E-state index in [1.165, 1.54) is 17.4 Å². The summed E-state index contributed by atoms with van der Waals surface area (Å²) in [6.07, 6.45) is 0.845. The zero-order valence-corrected chi connectivity index (χ0v) is 21.4. The maximum Gasteiger partial charge on any atom is 0.252 e. The van der Waals surface area contributed by atoms with Crippen LogP contribution in [0.25, 0.3) is 0 Å². The highest BCUT2D eigenvalue weighted by Gasteiger charge is 2.46. The van der Waals surface area contributed by atoms with Gasteiger partial charge in [0.2, 0.25) is 0 Å². The Morgan fingerprint density at radius 2 is 1.62 bits per heavy atom. The number of thiocarbonyl (C=S) groups is 1. The first kappa shape index (κ1) is 24.7. The number of amides is 2. The molecule has 0 radical (unpaired) electrons. The zero-order valence-electron chi connectivity index (χ0n) is 19.8. The van der Waals surface area contributed by atoms with Crippen LogP contribution in [0.15, 0.2) is 60.7 Å². The first-order valence-corrected chi connectivity index (χ1v) is 13.0. The highest BCUT2D eigenvalue weighted by atomic mass is 32.2. The lowest BCUT2D eigenvalue weighted by atomic mass is 10.0. The van der Waals surface area contributed by atoms with Crippen LogP contribution in [0, 0.1) is 0 Å². The van der Waals surface area contributed by atoms with Crippen molar-refractivity contribution in [2.75, 3.05) is 44.2 Å². The van der Waals surface area contributed by atoms with Gasteiger partial charge in [0.15, 0.2) is 0 Å². The van der Waals surface area contributed by atoms with Gasteiger partial charge in [0, 0.05) is 48.7 Å². The normalized spacial score (nSPS) is 20.9. The van der Waals surface area contributed by atoms with E-state index in [4.69, 9.17) is 12.2 Å². The van der Waals surface area contributed by atoms with Crippen molar-refractivity contribution in [2.45, 2.75) is 31.1 Å². The third-order valence-electron chi connectivity index (χ3n) is 6.44. The second kappa shape index (κ2) is 10.9. The van der Waals surface area contributed by atoms with Crippen LogP contribution in [0.2, 0.25) is 0 Å².